The van der Waals surface area contributed by atoms with Gasteiger partial charge in [0.05, 0.1) is 0 Å². The molecule has 0 aromatic heterocycles. The SMILES string of the molecule is CCC(C=O)O[C@@H](OC)C(O)C=O. The van der Waals surface area contributed by atoms with E-state index in [1.54, 1.807) is 6.92 Å². The van der Waals surface area contributed by atoms with Crippen molar-refractivity contribution in [2.75, 3.05) is 7.11 Å². The third kappa shape index (κ3) is 4.12. The van der Waals surface area contributed by atoms with Gasteiger partial charge in [-0.2, -0.15) is 0 Å². The van der Waals surface area contributed by atoms with Crippen molar-refractivity contribution in [1.82, 2.24) is 0 Å². The van der Waals surface area contributed by atoms with Crippen molar-refractivity contribution in [1.29, 1.82) is 0 Å². The lowest BCUT2D eigenvalue weighted by Gasteiger charge is -2.20. The van der Waals surface area contributed by atoms with E-state index < -0.39 is 18.5 Å². The summed E-state index contributed by atoms with van der Waals surface area (Å²) in [5.74, 6) is 0. The first-order valence-corrected chi connectivity index (χ1v) is 3.96. The first-order chi connectivity index (χ1) is 6.19. The molecule has 0 saturated heterocycles. The van der Waals surface area contributed by atoms with Crippen molar-refractivity contribution in [3.8, 4) is 0 Å². The number of hydrogen-bond donors (Lipinski definition) is 1. The van der Waals surface area contributed by atoms with Crippen LogP contribution in [0.2, 0.25) is 0 Å². The number of aldehydes is 2. The number of aliphatic hydroxyl groups excluding tert-OH is 1. The molecular weight excluding hydrogens is 176 g/mol. The van der Waals surface area contributed by atoms with Gasteiger partial charge in [0.2, 0.25) is 0 Å². The van der Waals surface area contributed by atoms with Crippen molar-refractivity contribution in [2.24, 2.45) is 0 Å². The third-order valence-corrected chi connectivity index (χ3v) is 1.51. The maximum atomic E-state index is 10.3. The van der Waals surface area contributed by atoms with Crippen LogP contribution < -0.4 is 0 Å². The number of methoxy groups -OCH3 is 1. The number of ether oxygens (including phenoxy) is 2. The molecule has 0 bridgehead atoms. The van der Waals surface area contributed by atoms with Gasteiger partial charge in [0.15, 0.2) is 18.7 Å². The molecule has 0 aliphatic rings. The molecule has 5 heteroatoms. The predicted molar refractivity (Wildman–Crippen MR) is 44.1 cm³/mol. The van der Waals surface area contributed by atoms with Crippen LogP contribution in [0.1, 0.15) is 13.3 Å². The van der Waals surface area contributed by atoms with Gasteiger partial charge >= 0.3 is 0 Å². The molecule has 0 amide bonds. The standard InChI is InChI=1S/C8H14O5/c1-3-6(4-9)13-8(12-2)7(11)5-10/h4-8,11H,3H2,1-2H3/t6?,7?,8-/m1/s1. The van der Waals surface area contributed by atoms with Crippen LogP contribution >= 0.6 is 0 Å². The maximum absolute atomic E-state index is 10.3. The third-order valence-electron chi connectivity index (χ3n) is 1.51. The summed E-state index contributed by atoms with van der Waals surface area (Å²) < 4.78 is 9.65. The number of rotatable bonds is 7. The van der Waals surface area contributed by atoms with Crippen molar-refractivity contribution >= 4 is 12.6 Å². The molecule has 13 heavy (non-hydrogen) atoms. The Kier molecular flexibility index (Phi) is 6.30. The lowest BCUT2D eigenvalue weighted by Crippen LogP contribution is -2.35. The average molecular weight is 190 g/mol. The minimum atomic E-state index is -1.36. The highest BCUT2D eigenvalue weighted by Gasteiger charge is 2.21. The van der Waals surface area contributed by atoms with E-state index in [0.29, 0.717) is 19.0 Å². The van der Waals surface area contributed by atoms with Gasteiger partial charge in [-0.3, -0.25) is 0 Å². The summed E-state index contributed by atoms with van der Waals surface area (Å²) in [5.41, 5.74) is 0. The van der Waals surface area contributed by atoms with Crippen molar-refractivity contribution in [3.63, 3.8) is 0 Å². The summed E-state index contributed by atoms with van der Waals surface area (Å²) in [6.45, 7) is 1.75. The molecule has 0 aromatic carbocycles. The first-order valence-electron chi connectivity index (χ1n) is 3.96. The van der Waals surface area contributed by atoms with E-state index in [9.17, 15) is 9.59 Å². The fourth-order valence-electron chi connectivity index (χ4n) is 0.736. The Morgan fingerprint density at radius 1 is 1.38 bits per heavy atom. The molecular formula is C8H14O5. The number of carbonyl (C=O) groups excluding carboxylic acids is 2. The van der Waals surface area contributed by atoms with Gasteiger partial charge in [-0.05, 0) is 6.42 Å². The molecule has 0 spiro atoms. The van der Waals surface area contributed by atoms with Gasteiger partial charge in [0, 0.05) is 7.11 Å². The zero-order valence-electron chi connectivity index (χ0n) is 7.67. The normalized spacial score (nSPS) is 17.5. The molecule has 0 saturated carbocycles. The molecule has 0 heterocycles. The van der Waals surface area contributed by atoms with E-state index in [1.807, 2.05) is 0 Å². The minimum Gasteiger partial charge on any atom is -0.380 e. The minimum absolute atomic E-state index is 0.297. The Morgan fingerprint density at radius 2 is 2.00 bits per heavy atom. The van der Waals surface area contributed by atoms with Crippen LogP contribution in [-0.4, -0.2) is 43.3 Å². The molecule has 76 valence electrons. The second-order valence-electron chi connectivity index (χ2n) is 2.45. The topological polar surface area (TPSA) is 72.8 Å². The highest BCUT2D eigenvalue weighted by atomic mass is 16.7. The largest absolute Gasteiger partial charge is 0.380 e. The Bertz CT molecular complexity index is 159. The van der Waals surface area contributed by atoms with Gasteiger partial charge in [-0.15, -0.1) is 0 Å². The van der Waals surface area contributed by atoms with Gasteiger partial charge < -0.3 is 24.2 Å². The molecule has 0 radical (unpaired) electrons. The quantitative estimate of drug-likeness (QED) is 0.433. The van der Waals surface area contributed by atoms with Gasteiger partial charge in [0.1, 0.15) is 12.4 Å². The summed E-state index contributed by atoms with van der Waals surface area (Å²) in [6.07, 6.45) is -1.73. The van der Waals surface area contributed by atoms with E-state index in [-0.39, 0.29) is 0 Å². The monoisotopic (exact) mass is 190 g/mol. The first kappa shape index (κ1) is 12.2. The summed E-state index contributed by atoms with van der Waals surface area (Å²) in [7, 11) is 1.29. The highest BCUT2D eigenvalue weighted by molar-refractivity contribution is 5.57. The molecule has 3 atom stereocenters. The number of hydrogen-bond acceptors (Lipinski definition) is 5. The van der Waals surface area contributed by atoms with Crippen LogP contribution in [0, 0.1) is 0 Å². The Labute approximate surface area is 76.6 Å². The van der Waals surface area contributed by atoms with Gasteiger partial charge in [0.25, 0.3) is 0 Å². The maximum Gasteiger partial charge on any atom is 0.190 e. The van der Waals surface area contributed by atoms with E-state index in [2.05, 4.69) is 4.74 Å². The van der Waals surface area contributed by atoms with E-state index in [4.69, 9.17) is 9.84 Å². The molecule has 0 aliphatic carbocycles. The second-order valence-corrected chi connectivity index (χ2v) is 2.45. The molecule has 0 aromatic rings. The predicted octanol–water partition coefficient (Wildman–Crippen LogP) is -0.487. The Morgan fingerprint density at radius 3 is 2.31 bits per heavy atom. The number of aliphatic hydroxyl groups is 1. The second kappa shape index (κ2) is 6.71. The van der Waals surface area contributed by atoms with Crippen LogP contribution in [0.4, 0.5) is 0 Å². The van der Waals surface area contributed by atoms with Crippen LogP contribution in [-0.2, 0) is 19.1 Å². The average Bonchev–Trinajstić information content (AvgIpc) is 2.19. The summed E-state index contributed by atoms with van der Waals surface area (Å²) in [5, 5.41) is 9.02. The van der Waals surface area contributed by atoms with Crippen LogP contribution in [0.15, 0.2) is 0 Å². The number of carbonyl (C=O) groups is 2. The van der Waals surface area contributed by atoms with Gasteiger partial charge in [-0.25, -0.2) is 0 Å². The van der Waals surface area contributed by atoms with Crippen LogP contribution in [0.25, 0.3) is 0 Å². The van der Waals surface area contributed by atoms with Gasteiger partial charge in [-0.1, -0.05) is 6.92 Å². The zero-order chi connectivity index (χ0) is 10.3. The highest BCUT2D eigenvalue weighted by Crippen LogP contribution is 2.04. The Balaban J connectivity index is 4.09. The molecule has 0 aliphatic heterocycles. The van der Waals surface area contributed by atoms with Crippen molar-refractivity contribution in [2.45, 2.75) is 31.8 Å². The Hall–Kier alpha value is -0.780. The smallest absolute Gasteiger partial charge is 0.190 e. The molecule has 1 N–H and O–H groups in total. The van der Waals surface area contributed by atoms with Crippen molar-refractivity contribution < 1.29 is 24.2 Å². The van der Waals surface area contributed by atoms with Crippen molar-refractivity contribution in [3.05, 3.63) is 0 Å². The van der Waals surface area contributed by atoms with E-state index in [1.165, 1.54) is 7.11 Å². The van der Waals surface area contributed by atoms with E-state index in [0.717, 1.165) is 0 Å². The zero-order valence-corrected chi connectivity index (χ0v) is 7.67. The lowest BCUT2D eigenvalue weighted by molar-refractivity contribution is -0.196. The fourth-order valence-corrected chi connectivity index (χ4v) is 0.736. The fraction of sp³-hybridized carbons (Fsp3) is 0.750. The molecule has 2 unspecified atom stereocenters. The summed E-state index contributed by atoms with van der Waals surface area (Å²) in [6, 6.07) is 0. The van der Waals surface area contributed by atoms with Crippen LogP contribution in [0.3, 0.4) is 0 Å². The molecule has 5 nitrogen and oxygen atoms in total. The lowest BCUT2D eigenvalue weighted by atomic mass is 10.3. The summed E-state index contributed by atoms with van der Waals surface area (Å²) >= 11 is 0. The van der Waals surface area contributed by atoms with E-state index >= 15 is 0 Å². The summed E-state index contributed by atoms with van der Waals surface area (Å²) in [4.78, 5) is 20.5. The van der Waals surface area contributed by atoms with Crippen LogP contribution in [0.5, 0.6) is 0 Å². The molecule has 0 rings (SSSR count). The molecule has 0 fully saturated rings.